The highest BCUT2D eigenvalue weighted by atomic mass is 15.2. The Morgan fingerprint density at radius 2 is 2.06 bits per heavy atom. The van der Waals surface area contributed by atoms with Gasteiger partial charge in [-0.3, -0.25) is 4.90 Å². The number of rotatable bonds is 3. The molecule has 1 aliphatic heterocycles. The van der Waals surface area contributed by atoms with Crippen LogP contribution in [0.15, 0.2) is 18.2 Å². The van der Waals surface area contributed by atoms with Gasteiger partial charge in [0.1, 0.15) is 0 Å². The lowest BCUT2D eigenvalue weighted by Crippen LogP contribution is -2.45. The summed E-state index contributed by atoms with van der Waals surface area (Å²) in [5.74, 6) is 0. The van der Waals surface area contributed by atoms with Gasteiger partial charge >= 0.3 is 0 Å². The third-order valence-electron chi connectivity index (χ3n) is 4.47. The molecular formula is C16H26N2. The van der Waals surface area contributed by atoms with E-state index in [4.69, 9.17) is 0 Å². The molecule has 1 N–H and O–H groups in total. The van der Waals surface area contributed by atoms with Gasteiger partial charge < -0.3 is 5.32 Å². The van der Waals surface area contributed by atoms with Crippen LogP contribution in [0.25, 0.3) is 0 Å². The number of benzene rings is 1. The summed E-state index contributed by atoms with van der Waals surface area (Å²) in [6, 6.07) is 8.03. The van der Waals surface area contributed by atoms with Gasteiger partial charge in [0, 0.05) is 18.6 Å². The molecule has 2 nitrogen and oxygen atoms in total. The van der Waals surface area contributed by atoms with E-state index in [0.717, 1.165) is 6.54 Å². The molecule has 2 atom stereocenters. The van der Waals surface area contributed by atoms with Crippen LogP contribution < -0.4 is 5.32 Å². The fourth-order valence-corrected chi connectivity index (χ4v) is 2.76. The summed E-state index contributed by atoms with van der Waals surface area (Å²) in [5.41, 5.74) is 4.22. The van der Waals surface area contributed by atoms with Crippen molar-refractivity contribution in [2.45, 2.75) is 45.7 Å². The quantitative estimate of drug-likeness (QED) is 0.882. The molecule has 0 aliphatic carbocycles. The van der Waals surface area contributed by atoms with Gasteiger partial charge in [-0.25, -0.2) is 0 Å². The number of piperidine rings is 1. The van der Waals surface area contributed by atoms with Gasteiger partial charge in [0.25, 0.3) is 0 Å². The molecule has 0 aromatic heterocycles. The average Bonchev–Trinajstić information content (AvgIpc) is 2.41. The number of nitrogens with one attached hydrogen (secondary N) is 1. The van der Waals surface area contributed by atoms with E-state index in [2.05, 4.69) is 56.2 Å². The molecule has 1 aromatic rings. The number of likely N-dealkylation sites (N-methyl/N-ethyl adjacent to an activating group) is 1. The average molecular weight is 246 g/mol. The van der Waals surface area contributed by atoms with Crippen molar-refractivity contribution in [1.29, 1.82) is 0 Å². The highest BCUT2D eigenvalue weighted by Crippen LogP contribution is 2.24. The molecule has 0 radical (unpaired) electrons. The Balaban J connectivity index is 2.09. The monoisotopic (exact) mass is 246 g/mol. The van der Waals surface area contributed by atoms with Crippen molar-refractivity contribution in [1.82, 2.24) is 10.2 Å². The van der Waals surface area contributed by atoms with Crippen LogP contribution in [0.5, 0.6) is 0 Å². The SMILES string of the molecule is Cc1ccc(C(C)N(C)C2CCCNC2)cc1C. The molecule has 18 heavy (non-hydrogen) atoms. The largest absolute Gasteiger partial charge is 0.315 e. The van der Waals surface area contributed by atoms with Gasteiger partial charge in [-0.1, -0.05) is 18.2 Å². The van der Waals surface area contributed by atoms with Crippen molar-refractivity contribution < 1.29 is 0 Å². The fraction of sp³-hybridized carbons (Fsp3) is 0.625. The molecule has 100 valence electrons. The van der Waals surface area contributed by atoms with Crippen molar-refractivity contribution >= 4 is 0 Å². The van der Waals surface area contributed by atoms with E-state index in [0.29, 0.717) is 12.1 Å². The highest BCUT2D eigenvalue weighted by Gasteiger charge is 2.22. The topological polar surface area (TPSA) is 15.3 Å². The number of hydrogen-bond acceptors (Lipinski definition) is 2. The molecule has 2 unspecified atom stereocenters. The Bertz CT molecular complexity index is 394. The number of hydrogen-bond donors (Lipinski definition) is 1. The lowest BCUT2D eigenvalue weighted by Gasteiger charge is -2.36. The maximum absolute atomic E-state index is 3.50. The maximum Gasteiger partial charge on any atom is 0.0320 e. The zero-order valence-electron chi connectivity index (χ0n) is 12.2. The molecule has 2 rings (SSSR count). The van der Waals surface area contributed by atoms with Crippen LogP contribution in [0.4, 0.5) is 0 Å². The number of aryl methyl sites for hydroxylation is 2. The standard InChI is InChI=1S/C16H26N2/c1-12-7-8-15(10-13(12)2)14(3)18(4)16-6-5-9-17-11-16/h7-8,10,14,16-17H,5-6,9,11H2,1-4H3. The van der Waals surface area contributed by atoms with Gasteiger partial charge in [-0.05, 0) is 63.9 Å². The molecule has 1 fully saturated rings. The predicted octanol–water partition coefficient (Wildman–Crippen LogP) is 3.05. The summed E-state index contributed by atoms with van der Waals surface area (Å²) in [4.78, 5) is 2.52. The lowest BCUT2D eigenvalue weighted by atomic mass is 9.98. The molecule has 2 heteroatoms. The first-order valence-electron chi connectivity index (χ1n) is 7.09. The predicted molar refractivity (Wildman–Crippen MR) is 78.0 cm³/mol. The van der Waals surface area contributed by atoms with Gasteiger partial charge in [-0.15, -0.1) is 0 Å². The molecule has 1 heterocycles. The van der Waals surface area contributed by atoms with Crippen molar-refractivity contribution in [3.05, 3.63) is 34.9 Å². The summed E-state index contributed by atoms with van der Waals surface area (Å²) in [6.07, 6.45) is 2.62. The minimum Gasteiger partial charge on any atom is -0.315 e. The molecule has 1 aliphatic rings. The van der Waals surface area contributed by atoms with E-state index >= 15 is 0 Å². The van der Waals surface area contributed by atoms with Crippen molar-refractivity contribution in [3.63, 3.8) is 0 Å². The second kappa shape index (κ2) is 5.85. The Kier molecular flexibility index (Phi) is 4.41. The highest BCUT2D eigenvalue weighted by molar-refractivity contribution is 5.31. The van der Waals surface area contributed by atoms with Crippen LogP contribution in [0.3, 0.4) is 0 Å². The fourth-order valence-electron chi connectivity index (χ4n) is 2.76. The van der Waals surface area contributed by atoms with Crippen LogP contribution in [0.1, 0.15) is 42.5 Å². The van der Waals surface area contributed by atoms with Gasteiger partial charge in [0.2, 0.25) is 0 Å². The van der Waals surface area contributed by atoms with Crippen LogP contribution >= 0.6 is 0 Å². The van der Waals surface area contributed by atoms with Crippen molar-refractivity contribution in [2.75, 3.05) is 20.1 Å². The molecular weight excluding hydrogens is 220 g/mol. The van der Waals surface area contributed by atoms with E-state index in [1.807, 2.05) is 0 Å². The minimum atomic E-state index is 0.495. The summed E-state index contributed by atoms with van der Waals surface area (Å²) >= 11 is 0. The summed E-state index contributed by atoms with van der Waals surface area (Å²) in [6.45, 7) is 9.01. The first-order valence-corrected chi connectivity index (χ1v) is 7.09. The van der Waals surface area contributed by atoms with Crippen LogP contribution in [0.2, 0.25) is 0 Å². The molecule has 0 spiro atoms. The zero-order valence-corrected chi connectivity index (χ0v) is 12.2. The first-order chi connectivity index (χ1) is 8.59. The van der Waals surface area contributed by atoms with Crippen molar-refractivity contribution in [3.8, 4) is 0 Å². The minimum absolute atomic E-state index is 0.495. The number of nitrogens with zero attached hydrogens (tertiary/aromatic N) is 1. The van der Waals surface area contributed by atoms with E-state index in [1.165, 1.54) is 36.1 Å². The van der Waals surface area contributed by atoms with E-state index in [-0.39, 0.29) is 0 Å². The molecule has 0 amide bonds. The first kappa shape index (κ1) is 13.6. The summed E-state index contributed by atoms with van der Waals surface area (Å²) < 4.78 is 0. The third-order valence-corrected chi connectivity index (χ3v) is 4.47. The van der Waals surface area contributed by atoms with Crippen molar-refractivity contribution in [2.24, 2.45) is 0 Å². The van der Waals surface area contributed by atoms with Crippen LogP contribution in [-0.4, -0.2) is 31.1 Å². The second-order valence-corrected chi connectivity index (χ2v) is 5.69. The van der Waals surface area contributed by atoms with Crippen LogP contribution in [0, 0.1) is 13.8 Å². The van der Waals surface area contributed by atoms with Gasteiger partial charge in [0.15, 0.2) is 0 Å². The second-order valence-electron chi connectivity index (χ2n) is 5.69. The Morgan fingerprint density at radius 1 is 1.28 bits per heavy atom. The molecule has 0 bridgehead atoms. The Hall–Kier alpha value is -0.860. The third kappa shape index (κ3) is 2.93. The zero-order chi connectivity index (χ0) is 13.1. The molecule has 1 aromatic carbocycles. The normalized spacial score (nSPS) is 22.2. The maximum atomic E-state index is 3.50. The Morgan fingerprint density at radius 3 is 2.67 bits per heavy atom. The van der Waals surface area contributed by atoms with Gasteiger partial charge in [0.05, 0.1) is 0 Å². The lowest BCUT2D eigenvalue weighted by molar-refractivity contribution is 0.156. The van der Waals surface area contributed by atoms with Gasteiger partial charge in [-0.2, -0.15) is 0 Å². The Labute approximate surface area is 111 Å². The van der Waals surface area contributed by atoms with Crippen LogP contribution in [-0.2, 0) is 0 Å². The summed E-state index contributed by atoms with van der Waals surface area (Å²) in [7, 11) is 2.26. The van der Waals surface area contributed by atoms with E-state index < -0.39 is 0 Å². The molecule has 1 saturated heterocycles. The molecule has 0 saturated carbocycles. The summed E-state index contributed by atoms with van der Waals surface area (Å²) in [5, 5.41) is 3.50. The van der Waals surface area contributed by atoms with E-state index in [9.17, 15) is 0 Å². The van der Waals surface area contributed by atoms with E-state index in [1.54, 1.807) is 0 Å². The smallest absolute Gasteiger partial charge is 0.0320 e.